The second-order valence-electron chi connectivity index (χ2n) is 7.82. The maximum atomic E-state index is 9.41. The van der Waals surface area contributed by atoms with Crippen LogP contribution in [0.4, 0.5) is 0 Å². The number of rotatable bonds is 3. The zero-order valence-corrected chi connectivity index (χ0v) is 17.4. The summed E-state index contributed by atoms with van der Waals surface area (Å²) in [6, 6.07) is 20.9. The maximum absolute atomic E-state index is 9.41. The van der Waals surface area contributed by atoms with E-state index in [0.29, 0.717) is 0 Å². The molecule has 5 heteroatoms. The summed E-state index contributed by atoms with van der Waals surface area (Å²) in [5, 5.41) is 11.6. The number of nitriles is 1. The lowest BCUT2D eigenvalue weighted by Crippen LogP contribution is -2.13. The Morgan fingerprint density at radius 3 is 2.43 bits per heavy atom. The molecule has 4 nitrogen and oxygen atoms in total. The normalized spacial score (nSPS) is 11.6. The molecule has 3 aromatic heterocycles. The van der Waals surface area contributed by atoms with Gasteiger partial charge in [0.25, 0.3) is 0 Å². The highest BCUT2D eigenvalue weighted by atomic mass is 32.1. The molecule has 0 aliphatic rings. The van der Waals surface area contributed by atoms with Crippen molar-refractivity contribution in [3.8, 4) is 27.6 Å². The van der Waals surface area contributed by atoms with Gasteiger partial charge in [0.2, 0.25) is 0 Å². The Morgan fingerprint density at radius 2 is 1.70 bits per heavy atom. The number of hydrogen-bond acceptors (Lipinski definition) is 5. The van der Waals surface area contributed by atoms with Crippen LogP contribution in [0.25, 0.3) is 43.4 Å². The molecule has 0 aliphatic heterocycles. The minimum Gasteiger partial charge on any atom is -0.264 e. The lowest BCUT2D eigenvalue weighted by Gasteiger charge is -2.15. The van der Waals surface area contributed by atoms with Crippen molar-refractivity contribution >= 4 is 33.3 Å². The molecular formula is C25H18N4S. The van der Waals surface area contributed by atoms with Gasteiger partial charge in [-0.1, -0.05) is 36.4 Å². The van der Waals surface area contributed by atoms with Crippen molar-refractivity contribution in [2.45, 2.75) is 19.3 Å². The van der Waals surface area contributed by atoms with Gasteiger partial charge < -0.3 is 0 Å². The van der Waals surface area contributed by atoms with Crippen molar-refractivity contribution in [3.63, 3.8) is 0 Å². The van der Waals surface area contributed by atoms with Gasteiger partial charge in [-0.3, -0.25) is 9.97 Å². The number of hydrogen-bond donors (Lipinski definition) is 0. The molecule has 0 spiro atoms. The fraction of sp³-hybridized carbons (Fsp3) is 0.120. The molecule has 0 saturated carbocycles. The highest BCUT2D eigenvalue weighted by Gasteiger charge is 2.20. The molecule has 0 saturated heterocycles. The summed E-state index contributed by atoms with van der Waals surface area (Å²) >= 11 is 1.48. The maximum Gasteiger partial charge on any atom is 0.104 e. The van der Waals surface area contributed by atoms with Gasteiger partial charge in [-0.25, -0.2) is 0 Å². The van der Waals surface area contributed by atoms with Gasteiger partial charge in [0.15, 0.2) is 0 Å². The first-order chi connectivity index (χ1) is 14.6. The summed E-state index contributed by atoms with van der Waals surface area (Å²) in [5.74, 6) is 0. The third-order valence-electron chi connectivity index (χ3n) is 5.45. The van der Waals surface area contributed by atoms with E-state index >= 15 is 0 Å². The first-order valence-electron chi connectivity index (χ1n) is 9.67. The van der Waals surface area contributed by atoms with E-state index in [1.54, 1.807) is 6.20 Å². The van der Waals surface area contributed by atoms with Gasteiger partial charge in [-0.2, -0.15) is 9.64 Å². The molecule has 0 aliphatic carbocycles. The minimum atomic E-state index is -0.510. The standard InChI is InChI=1S/C25H18N4S/c1-25(2,15-26)19-8-5-16(6-9-19)24-23-20-12-17(18-4-3-11-27-13-18)7-10-21(20)28-14-22(23)29-30-24/h3-14H,1-2H3. The van der Waals surface area contributed by atoms with Crippen LogP contribution in [-0.2, 0) is 5.41 Å². The Morgan fingerprint density at radius 1 is 0.900 bits per heavy atom. The monoisotopic (exact) mass is 406 g/mol. The van der Waals surface area contributed by atoms with Gasteiger partial charge in [-0.05, 0) is 60.3 Å². The van der Waals surface area contributed by atoms with Gasteiger partial charge in [0.1, 0.15) is 5.52 Å². The average Bonchev–Trinajstić information content (AvgIpc) is 3.24. The van der Waals surface area contributed by atoms with Crippen LogP contribution in [0, 0.1) is 11.3 Å². The molecule has 0 N–H and O–H groups in total. The van der Waals surface area contributed by atoms with Crippen LogP contribution in [-0.4, -0.2) is 14.3 Å². The molecule has 0 fully saturated rings. The lowest BCUT2D eigenvalue weighted by molar-refractivity contribution is 0.687. The molecule has 0 amide bonds. The molecule has 0 bridgehead atoms. The molecule has 2 aromatic carbocycles. The van der Waals surface area contributed by atoms with E-state index in [0.717, 1.165) is 48.9 Å². The fourth-order valence-electron chi connectivity index (χ4n) is 3.64. The summed E-state index contributed by atoms with van der Waals surface area (Å²) in [6.45, 7) is 3.87. The van der Waals surface area contributed by atoms with Crippen molar-refractivity contribution in [2.24, 2.45) is 0 Å². The number of fused-ring (bicyclic) bond motifs is 3. The van der Waals surface area contributed by atoms with Crippen LogP contribution in [0.15, 0.2) is 73.2 Å². The Balaban J connectivity index is 1.70. The minimum absolute atomic E-state index is 0.510. The molecule has 144 valence electrons. The van der Waals surface area contributed by atoms with Crippen LogP contribution in [0.2, 0.25) is 0 Å². The summed E-state index contributed by atoms with van der Waals surface area (Å²) in [5.41, 5.74) is 5.61. The summed E-state index contributed by atoms with van der Waals surface area (Å²) in [4.78, 5) is 9.96. The zero-order chi connectivity index (χ0) is 20.7. The molecule has 5 rings (SSSR count). The van der Waals surface area contributed by atoms with Crippen LogP contribution < -0.4 is 0 Å². The first kappa shape index (κ1) is 18.4. The van der Waals surface area contributed by atoms with Gasteiger partial charge in [-0.15, -0.1) is 0 Å². The number of benzene rings is 2. The van der Waals surface area contributed by atoms with Gasteiger partial charge >= 0.3 is 0 Å². The quantitative estimate of drug-likeness (QED) is 0.349. The van der Waals surface area contributed by atoms with Crippen molar-refractivity contribution in [2.75, 3.05) is 0 Å². The zero-order valence-electron chi connectivity index (χ0n) is 16.6. The summed E-state index contributed by atoms with van der Waals surface area (Å²) in [7, 11) is 0. The van der Waals surface area contributed by atoms with Crippen LogP contribution in [0.1, 0.15) is 19.4 Å². The van der Waals surface area contributed by atoms with E-state index in [1.807, 2.05) is 44.4 Å². The second kappa shape index (κ2) is 7.01. The Bertz CT molecular complexity index is 1410. The molecule has 30 heavy (non-hydrogen) atoms. The largest absolute Gasteiger partial charge is 0.264 e. The van der Waals surface area contributed by atoms with E-state index in [4.69, 9.17) is 0 Å². The molecule has 3 heterocycles. The van der Waals surface area contributed by atoms with Crippen molar-refractivity contribution in [1.82, 2.24) is 14.3 Å². The number of nitrogens with zero attached hydrogens (tertiary/aromatic N) is 4. The summed E-state index contributed by atoms with van der Waals surface area (Å²) in [6.07, 6.45) is 5.49. The van der Waals surface area contributed by atoms with Crippen molar-refractivity contribution in [3.05, 3.63) is 78.8 Å². The first-order valence-corrected chi connectivity index (χ1v) is 10.4. The Kier molecular flexibility index (Phi) is 4.30. The lowest BCUT2D eigenvalue weighted by atomic mass is 9.86. The third kappa shape index (κ3) is 3.02. The fourth-order valence-corrected chi connectivity index (χ4v) is 4.52. The van der Waals surface area contributed by atoms with Crippen LogP contribution in [0.5, 0.6) is 0 Å². The van der Waals surface area contributed by atoms with Crippen LogP contribution in [0.3, 0.4) is 0 Å². The smallest absolute Gasteiger partial charge is 0.104 e. The molecule has 0 atom stereocenters. The molecule has 5 aromatic rings. The highest BCUT2D eigenvalue weighted by Crippen LogP contribution is 2.38. The molecule has 0 unspecified atom stereocenters. The number of pyridine rings is 2. The second-order valence-corrected chi connectivity index (χ2v) is 8.59. The topological polar surface area (TPSA) is 62.5 Å². The van der Waals surface area contributed by atoms with E-state index in [1.165, 1.54) is 11.5 Å². The summed E-state index contributed by atoms with van der Waals surface area (Å²) < 4.78 is 4.65. The predicted molar refractivity (Wildman–Crippen MR) is 122 cm³/mol. The van der Waals surface area contributed by atoms with E-state index in [-0.39, 0.29) is 0 Å². The third-order valence-corrected chi connectivity index (χ3v) is 6.36. The highest BCUT2D eigenvalue weighted by molar-refractivity contribution is 7.11. The van der Waals surface area contributed by atoms with Crippen LogP contribution >= 0.6 is 11.5 Å². The Labute approximate surface area is 178 Å². The van der Waals surface area contributed by atoms with Gasteiger partial charge in [0.05, 0.1) is 28.1 Å². The Hall–Kier alpha value is -3.62. The van der Waals surface area contributed by atoms with E-state index in [2.05, 4.69) is 56.8 Å². The molecule has 0 radical (unpaired) electrons. The number of aromatic nitrogens is 3. The average molecular weight is 407 g/mol. The van der Waals surface area contributed by atoms with E-state index < -0.39 is 5.41 Å². The molecular weight excluding hydrogens is 388 g/mol. The van der Waals surface area contributed by atoms with Crippen molar-refractivity contribution in [1.29, 1.82) is 5.26 Å². The van der Waals surface area contributed by atoms with Gasteiger partial charge in [0, 0.05) is 28.7 Å². The van der Waals surface area contributed by atoms with E-state index in [9.17, 15) is 5.26 Å². The SMILES string of the molecule is CC(C)(C#N)c1ccc(-c2snc3cnc4ccc(-c5cccnc5)cc4c23)cc1. The predicted octanol–water partition coefficient (Wildman–Crippen LogP) is 6.37. The van der Waals surface area contributed by atoms with Crippen molar-refractivity contribution < 1.29 is 0 Å².